The zero-order valence-electron chi connectivity index (χ0n) is 16.5. The predicted octanol–water partition coefficient (Wildman–Crippen LogP) is 0.210. The molecule has 2 aromatic heterocycles. The number of hydrogen-bond donors (Lipinski definition) is 6. The summed E-state index contributed by atoms with van der Waals surface area (Å²) < 4.78 is 5.51. The van der Waals surface area contributed by atoms with Crippen molar-refractivity contribution in [3.8, 4) is 0 Å². The van der Waals surface area contributed by atoms with Crippen LogP contribution in [0.25, 0.3) is 0 Å². The molecular weight excluding hydrogens is 410 g/mol. The Balaban J connectivity index is 1.55. The van der Waals surface area contributed by atoms with Crippen molar-refractivity contribution in [1.29, 1.82) is 0 Å². The lowest BCUT2D eigenvalue weighted by Crippen LogP contribution is -2.41. The van der Waals surface area contributed by atoms with Gasteiger partial charge in [0, 0.05) is 19.4 Å². The second-order valence-electron chi connectivity index (χ2n) is 7.33. The Morgan fingerprint density at radius 3 is 2.81 bits per heavy atom. The molecule has 12 heteroatoms. The van der Waals surface area contributed by atoms with Crippen LogP contribution in [0.1, 0.15) is 41.1 Å². The minimum atomic E-state index is -1.33. The number of rotatable bonds is 9. The Hall–Kier alpha value is -3.83. The number of carboxylic acid groups (broad SMARTS) is 2. The average molecular weight is 433 g/mol. The number of carbonyl (C=O) groups excluding carboxylic acids is 1. The van der Waals surface area contributed by atoms with Crippen molar-refractivity contribution in [3.63, 3.8) is 0 Å². The van der Waals surface area contributed by atoms with Crippen molar-refractivity contribution in [2.45, 2.75) is 38.1 Å². The van der Waals surface area contributed by atoms with Gasteiger partial charge in [-0.3, -0.25) is 19.4 Å². The second kappa shape index (κ2) is 9.32. The Bertz CT molecular complexity index is 1040. The maximum absolute atomic E-state index is 12.2. The van der Waals surface area contributed by atoms with Crippen LogP contribution in [-0.2, 0) is 22.4 Å². The van der Waals surface area contributed by atoms with Crippen LogP contribution in [0, 0.1) is 5.92 Å². The number of furan rings is 1. The van der Waals surface area contributed by atoms with Crippen LogP contribution in [0.4, 0.5) is 11.8 Å². The van der Waals surface area contributed by atoms with E-state index in [0.717, 1.165) is 0 Å². The number of H-pyrrole nitrogens is 1. The van der Waals surface area contributed by atoms with Gasteiger partial charge < -0.3 is 31.0 Å². The summed E-state index contributed by atoms with van der Waals surface area (Å²) in [7, 11) is 0. The third kappa shape index (κ3) is 5.62. The van der Waals surface area contributed by atoms with Crippen LogP contribution in [0.3, 0.4) is 0 Å². The van der Waals surface area contributed by atoms with E-state index >= 15 is 0 Å². The molecule has 166 valence electrons. The fourth-order valence-corrected chi connectivity index (χ4v) is 3.39. The molecule has 0 spiro atoms. The van der Waals surface area contributed by atoms with E-state index in [9.17, 15) is 19.2 Å². The smallest absolute Gasteiger partial charge is 0.326 e. The first-order valence-corrected chi connectivity index (χ1v) is 9.69. The molecule has 0 radical (unpaired) electrons. The Morgan fingerprint density at radius 2 is 2.10 bits per heavy atom. The third-order valence-corrected chi connectivity index (χ3v) is 5.02. The first-order chi connectivity index (χ1) is 14.7. The number of aliphatic carboxylic acids is 2. The number of aryl methyl sites for hydroxylation is 1. The highest BCUT2D eigenvalue weighted by atomic mass is 16.4. The van der Waals surface area contributed by atoms with Crippen molar-refractivity contribution in [2.24, 2.45) is 5.92 Å². The number of nitrogens with one attached hydrogen (secondary N) is 3. The summed E-state index contributed by atoms with van der Waals surface area (Å²) in [5, 5.41) is 23.2. The van der Waals surface area contributed by atoms with Crippen LogP contribution in [0.2, 0.25) is 0 Å². The second-order valence-corrected chi connectivity index (χ2v) is 7.33. The van der Waals surface area contributed by atoms with Gasteiger partial charge in [-0.1, -0.05) is 0 Å². The van der Waals surface area contributed by atoms with Gasteiger partial charge in [0.05, 0.1) is 5.56 Å². The normalized spacial score (nSPS) is 16.1. The molecule has 2 aromatic rings. The molecule has 0 saturated carbocycles. The number of hydrogen-bond acceptors (Lipinski definition) is 8. The molecule has 12 nitrogen and oxygen atoms in total. The number of carbonyl (C=O) groups is 3. The molecule has 0 saturated heterocycles. The van der Waals surface area contributed by atoms with E-state index in [0.29, 0.717) is 42.9 Å². The van der Waals surface area contributed by atoms with Crippen LogP contribution in [0.15, 0.2) is 21.3 Å². The largest absolute Gasteiger partial charge is 0.481 e. The van der Waals surface area contributed by atoms with Gasteiger partial charge in [0.15, 0.2) is 5.76 Å². The van der Waals surface area contributed by atoms with Crippen molar-refractivity contribution < 1.29 is 29.0 Å². The Kier molecular flexibility index (Phi) is 6.58. The number of nitrogens with zero attached hydrogens (tertiary/aromatic N) is 1. The maximum Gasteiger partial charge on any atom is 0.326 e. The SMILES string of the molecule is Nc1nc2c(c(=O)[nH]1)C[C@H](CCc1ccc(C(=O)N[C@H](CCC(=O)O)C(=O)O)o1)CN2. The number of carboxylic acids is 2. The minimum absolute atomic E-state index is 0.0557. The Morgan fingerprint density at radius 1 is 1.32 bits per heavy atom. The summed E-state index contributed by atoms with van der Waals surface area (Å²) in [4.78, 5) is 52.7. The molecule has 0 aliphatic carbocycles. The molecule has 3 heterocycles. The molecule has 0 fully saturated rings. The number of aromatic nitrogens is 2. The van der Waals surface area contributed by atoms with E-state index in [1.165, 1.54) is 6.07 Å². The van der Waals surface area contributed by atoms with E-state index in [-0.39, 0.29) is 36.0 Å². The predicted molar refractivity (Wildman–Crippen MR) is 108 cm³/mol. The molecular formula is C19H23N5O7. The molecule has 3 rings (SSSR count). The van der Waals surface area contributed by atoms with Gasteiger partial charge >= 0.3 is 11.9 Å². The van der Waals surface area contributed by atoms with E-state index < -0.39 is 23.9 Å². The first-order valence-electron chi connectivity index (χ1n) is 9.69. The summed E-state index contributed by atoms with van der Waals surface area (Å²) in [6, 6.07) is 1.74. The molecule has 0 aromatic carbocycles. The number of aromatic amines is 1. The highest BCUT2D eigenvalue weighted by Gasteiger charge is 2.25. The quantitative estimate of drug-likeness (QED) is 0.317. The number of amides is 1. The highest BCUT2D eigenvalue weighted by molar-refractivity contribution is 5.94. The lowest BCUT2D eigenvalue weighted by atomic mass is 9.92. The van der Waals surface area contributed by atoms with Crippen LogP contribution >= 0.6 is 0 Å². The zero-order valence-corrected chi connectivity index (χ0v) is 16.5. The van der Waals surface area contributed by atoms with E-state index in [1.807, 2.05) is 0 Å². The van der Waals surface area contributed by atoms with Crippen LogP contribution in [-0.4, -0.2) is 50.6 Å². The lowest BCUT2D eigenvalue weighted by molar-refractivity contribution is -0.140. The molecule has 1 aliphatic heterocycles. The molecule has 0 bridgehead atoms. The van der Waals surface area contributed by atoms with Gasteiger partial charge in [-0.25, -0.2) is 4.79 Å². The number of anilines is 2. The fraction of sp³-hybridized carbons (Fsp3) is 0.421. The maximum atomic E-state index is 12.2. The summed E-state index contributed by atoms with van der Waals surface area (Å²) in [6.07, 6.45) is 1.10. The molecule has 1 amide bonds. The van der Waals surface area contributed by atoms with Gasteiger partial charge in [0.2, 0.25) is 5.95 Å². The molecule has 0 unspecified atom stereocenters. The van der Waals surface area contributed by atoms with Crippen molar-refractivity contribution >= 4 is 29.6 Å². The van der Waals surface area contributed by atoms with Gasteiger partial charge in [0.1, 0.15) is 17.6 Å². The van der Waals surface area contributed by atoms with E-state index in [4.69, 9.17) is 20.4 Å². The zero-order chi connectivity index (χ0) is 22.5. The van der Waals surface area contributed by atoms with Crippen molar-refractivity contribution in [1.82, 2.24) is 15.3 Å². The number of nitrogen functional groups attached to an aromatic ring is 1. The van der Waals surface area contributed by atoms with Gasteiger partial charge in [-0.05, 0) is 37.3 Å². The van der Waals surface area contributed by atoms with Crippen LogP contribution in [0.5, 0.6) is 0 Å². The summed E-state index contributed by atoms with van der Waals surface area (Å²) >= 11 is 0. The monoisotopic (exact) mass is 433 g/mol. The Labute approximate surface area is 175 Å². The molecule has 31 heavy (non-hydrogen) atoms. The molecule has 1 aliphatic rings. The minimum Gasteiger partial charge on any atom is -0.481 e. The lowest BCUT2D eigenvalue weighted by Gasteiger charge is -2.24. The fourth-order valence-electron chi connectivity index (χ4n) is 3.39. The first kappa shape index (κ1) is 21.9. The third-order valence-electron chi connectivity index (χ3n) is 5.02. The highest BCUT2D eigenvalue weighted by Crippen LogP contribution is 2.24. The molecule has 2 atom stereocenters. The van der Waals surface area contributed by atoms with E-state index in [2.05, 4.69) is 20.6 Å². The topological polar surface area (TPSA) is 201 Å². The number of fused-ring (bicyclic) bond motifs is 1. The standard InChI is InChI=1S/C19H23N5O7/c20-19-23-15-11(16(27)24-19)7-9(8-21-15)1-2-10-3-5-13(31-10)17(28)22-12(18(29)30)4-6-14(25)26/h3,5,9,12H,1-2,4,6-8H2,(H,22,28)(H,25,26)(H,29,30)(H4,20,21,23,24,27)/t9-,12+/m0/s1. The van der Waals surface area contributed by atoms with Gasteiger partial charge in [-0.15, -0.1) is 0 Å². The summed E-state index contributed by atoms with van der Waals surface area (Å²) in [6.45, 7) is 0.612. The number of nitrogens with two attached hydrogens (primary N) is 1. The van der Waals surface area contributed by atoms with Crippen molar-refractivity contribution in [2.75, 3.05) is 17.6 Å². The molecule has 7 N–H and O–H groups in total. The van der Waals surface area contributed by atoms with Crippen LogP contribution < -0.4 is 21.9 Å². The van der Waals surface area contributed by atoms with Gasteiger partial charge in [-0.2, -0.15) is 4.98 Å². The van der Waals surface area contributed by atoms with E-state index in [1.54, 1.807) is 6.07 Å². The summed E-state index contributed by atoms with van der Waals surface area (Å²) in [5.74, 6) is -2.02. The summed E-state index contributed by atoms with van der Waals surface area (Å²) in [5.41, 5.74) is 5.82. The average Bonchev–Trinajstić information content (AvgIpc) is 3.18. The van der Waals surface area contributed by atoms with Gasteiger partial charge in [0.25, 0.3) is 11.5 Å². The van der Waals surface area contributed by atoms with Crippen molar-refractivity contribution in [3.05, 3.63) is 39.6 Å².